The molecule has 0 spiro atoms. The third-order valence-electron chi connectivity index (χ3n) is 3.74. The molecule has 0 atom stereocenters. The van der Waals surface area contributed by atoms with Crippen LogP contribution in [-0.2, 0) is 9.59 Å². The molecule has 0 bridgehead atoms. The Hall–Kier alpha value is -2.47. The molecule has 2 N–H and O–H groups in total. The number of hydrogen-bond acceptors (Lipinski definition) is 2. The molecule has 1 aliphatic carbocycles. The van der Waals surface area contributed by atoms with Gasteiger partial charge in [-0.3, -0.25) is 9.59 Å². The van der Waals surface area contributed by atoms with Crippen molar-refractivity contribution in [3.63, 3.8) is 0 Å². The first-order valence-electron chi connectivity index (χ1n) is 7.86. The molecule has 0 aliphatic heterocycles. The second kappa shape index (κ2) is 7.61. The fourth-order valence-electron chi connectivity index (χ4n) is 2.22. The summed E-state index contributed by atoms with van der Waals surface area (Å²) in [5, 5.41) is 5.52. The van der Waals surface area contributed by atoms with Crippen LogP contribution in [0.25, 0.3) is 6.08 Å². The van der Waals surface area contributed by atoms with Crippen LogP contribution in [-0.4, -0.2) is 11.8 Å². The minimum atomic E-state index is -0.400. The van der Waals surface area contributed by atoms with Gasteiger partial charge < -0.3 is 10.6 Å². The summed E-state index contributed by atoms with van der Waals surface area (Å²) in [6.45, 7) is 0. The summed E-state index contributed by atoms with van der Waals surface area (Å²) in [7, 11) is 0. The quantitative estimate of drug-likeness (QED) is 0.718. The van der Waals surface area contributed by atoms with Crippen LogP contribution in [0.3, 0.4) is 0 Å². The van der Waals surface area contributed by atoms with E-state index in [1.54, 1.807) is 36.4 Å². The lowest BCUT2D eigenvalue weighted by atomic mass is 10.2. The van der Waals surface area contributed by atoms with Crippen LogP contribution >= 0.6 is 15.9 Å². The highest BCUT2D eigenvalue weighted by Crippen LogP contribution is 2.30. The molecule has 2 amide bonds. The van der Waals surface area contributed by atoms with Crippen LogP contribution < -0.4 is 10.6 Å². The highest BCUT2D eigenvalue weighted by Gasteiger charge is 2.29. The second-order valence-electron chi connectivity index (χ2n) is 5.83. The van der Waals surface area contributed by atoms with E-state index in [4.69, 9.17) is 0 Å². The third kappa shape index (κ3) is 5.00. The molecule has 1 aliphatic rings. The standard InChI is InChI=1S/C19H16BrFN2O2/c20-14-4-9-17(21)13(11-14)3-10-18(24)22-15-5-7-16(8-6-15)23-19(25)12-1-2-12/h3-12H,1-2H2,(H,22,24)(H,23,25)/b10-3+. The lowest BCUT2D eigenvalue weighted by Gasteiger charge is -2.06. The number of carbonyl (C=O) groups excluding carboxylic acids is 2. The molecule has 25 heavy (non-hydrogen) atoms. The van der Waals surface area contributed by atoms with Gasteiger partial charge in [-0.1, -0.05) is 15.9 Å². The van der Waals surface area contributed by atoms with Crippen LogP contribution in [0.2, 0.25) is 0 Å². The van der Waals surface area contributed by atoms with Crippen LogP contribution in [0.15, 0.2) is 53.0 Å². The van der Waals surface area contributed by atoms with Gasteiger partial charge in [0.05, 0.1) is 0 Å². The van der Waals surface area contributed by atoms with Crippen molar-refractivity contribution >= 4 is 45.2 Å². The lowest BCUT2D eigenvalue weighted by Crippen LogP contribution is -2.13. The number of carbonyl (C=O) groups is 2. The number of anilines is 2. The van der Waals surface area contributed by atoms with E-state index in [9.17, 15) is 14.0 Å². The summed E-state index contributed by atoms with van der Waals surface area (Å²) in [5.41, 5.74) is 1.61. The smallest absolute Gasteiger partial charge is 0.248 e. The molecular weight excluding hydrogens is 387 g/mol. The van der Waals surface area contributed by atoms with Gasteiger partial charge in [0.2, 0.25) is 11.8 Å². The Morgan fingerprint density at radius 2 is 1.68 bits per heavy atom. The molecule has 6 heteroatoms. The Bertz CT molecular complexity index is 830. The van der Waals surface area contributed by atoms with Crippen LogP contribution in [0.5, 0.6) is 0 Å². The molecule has 0 unspecified atom stereocenters. The minimum absolute atomic E-state index is 0.0377. The van der Waals surface area contributed by atoms with E-state index in [0.717, 1.165) is 17.3 Å². The average Bonchev–Trinajstić information content (AvgIpc) is 3.42. The number of rotatable bonds is 5. The highest BCUT2D eigenvalue weighted by molar-refractivity contribution is 9.10. The molecule has 2 aromatic rings. The second-order valence-corrected chi connectivity index (χ2v) is 6.74. The van der Waals surface area contributed by atoms with E-state index >= 15 is 0 Å². The van der Waals surface area contributed by atoms with E-state index in [0.29, 0.717) is 16.9 Å². The average molecular weight is 403 g/mol. The number of nitrogens with one attached hydrogen (secondary N) is 2. The van der Waals surface area contributed by atoms with Crippen molar-refractivity contribution in [2.45, 2.75) is 12.8 Å². The maximum atomic E-state index is 13.6. The molecule has 3 rings (SSSR count). The van der Waals surface area contributed by atoms with E-state index in [2.05, 4.69) is 26.6 Å². The molecule has 128 valence electrons. The monoisotopic (exact) mass is 402 g/mol. The first-order valence-corrected chi connectivity index (χ1v) is 8.65. The summed E-state index contributed by atoms with van der Waals surface area (Å²) < 4.78 is 14.4. The van der Waals surface area contributed by atoms with E-state index in [-0.39, 0.29) is 17.7 Å². The molecule has 0 heterocycles. The molecule has 0 radical (unpaired) electrons. The Morgan fingerprint density at radius 3 is 2.32 bits per heavy atom. The van der Waals surface area contributed by atoms with Crippen LogP contribution in [0, 0.1) is 11.7 Å². The molecule has 2 aromatic carbocycles. The first kappa shape index (κ1) is 17.4. The zero-order valence-corrected chi connectivity index (χ0v) is 14.8. The van der Waals surface area contributed by atoms with Gasteiger partial charge in [-0.25, -0.2) is 4.39 Å². The van der Waals surface area contributed by atoms with Gasteiger partial charge >= 0.3 is 0 Å². The van der Waals surface area contributed by atoms with E-state index in [1.165, 1.54) is 18.2 Å². The van der Waals surface area contributed by atoms with Crippen molar-refractivity contribution in [1.82, 2.24) is 0 Å². The van der Waals surface area contributed by atoms with Gasteiger partial charge in [0.1, 0.15) is 5.82 Å². The Labute approximate surface area is 153 Å². The predicted octanol–water partition coefficient (Wildman–Crippen LogP) is 4.59. The van der Waals surface area contributed by atoms with Crippen molar-refractivity contribution < 1.29 is 14.0 Å². The number of amides is 2. The number of hydrogen-bond donors (Lipinski definition) is 2. The predicted molar refractivity (Wildman–Crippen MR) is 99.6 cm³/mol. The zero-order valence-electron chi connectivity index (χ0n) is 13.3. The summed E-state index contributed by atoms with van der Waals surface area (Å²) in [6.07, 6.45) is 4.59. The van der Waals surface area contributed by atoms with Crippen molar-refractivity contribution in [3.05, 3.63) is 64.4 Å². The van der Waals surface area contributed by atoms with Gasteiger partial charge in [0.25, 0.3) is 0 Å². The van der Waals surface area contributed by atoms with Gasteiger partial charge in [-0.05, 0) is 61.4 Å². The first-order chi connectivity index (χ1) is 12.0. The van der Waals surface area contributed by atoms with Crippen molar-refractivity contribution in [3.8, 4) is 0 Å². The third-order valence-corrected chi connectivity index (χ3v) is 4.23. The van der Waals surface area contributed by atoms with Crippen molar-refractivity contribution in [2.75, 3.05) is 10.6 Å². The Kier molecular flexibility index (Phi) is 5.28. The number of halogens is 2. The van der Waals surface area contributed by atoms with Crippen LogP contribution in [0.1, 0.15) is 18.4 Å². The topological polar surface area (TPSA) is 58.2 Å². The molecular formula is C19H16BrFN2O2. The van der Waals surface area contributed by atoms with E-state index < -0.39 is 5.82 Å². The Balaban J connectivity index is 1.57. The van der Waals surface area contributed by atoms with Gasteiger partial charge in [-0.15, -0.1) is 0 Å². The summed E-state index contributed by atoms with van der Waals surface area (Å²) in [4.78, 5) is 23.6. The highest BCUT2D eigenvalue weighted by atomic mass is 79.9. The zero-order chi connectivity index (χ0) is 17.8. The van der Waals surface area contributed by atoms with Gasteiger partial charge in [-0.2, -0.15) is 0 Å². The maximum absolute atomic E-state index is 13.6. The minimum Gasteiger partial charge on any atom is -0.326 e. The lowest BCUT2D eigenvalue weighted by molar-refractivity contribution is -0.117. The molecule has 1 saturated carbocycles. The molecule has 1 fully saturated rings. The summed E-state index contributed by atoms with van der Waals surface area (Å²) in [5.74, 6) is -0.587. The van der Waals surface area contributed by atoms with Crippen molar-refractivity contribution in [1.29, 1.82) is 0 Å². The summed E-state index contributed by atoms with van der Waals surface area (Å²) >= 11 is 3.26. The fourth-order valence-corrected chi connectivity index (χ4v) is 2.60. The number of benzene rings is 2. The van der Waals surface area contributed by atoms with Gasteiger partial charge in [0.15, 0.2) is 0 Å². The molecule has 0 saturated heterocycles. The summed E-state index contributed by atoms with van der Waals surface area (Å²) in [6, 6.07) is 11.4. The normalized spacial score (nSPS) is 13.7. The Morgan fingerprint density at radius 1 is 1.04 bits per heavy atom. The maximum Gasteiger partial charge on any atom is 0.248 e. The largest absolute Gasteiger partial charge is 0.326 e. The SMILES string of the molecule is O=C(/C=C/c1cc(Br)ccc1F)Nc1ccc(NC(=O)C2CC2)cc1. The molecule has 4 nitrogen and oxygen atoms in total. The fraction of sp³-hybridized carbons (Fsp3) is 0.158. The molecule has 0 aromatic heterocycles. The van der Waals surface area contributed by atoms with Crippen LogP contribution in [0.4, 0.5) is 15.8 Å². The van der Waals surface area contributed by atoms with Crippen molar-refractivity contribution in [2.24, 2.45) is 5.92 Å². The van der Waals surface area contributed by atoms with Gasteiger partial charge in [0, 0.05) is 33.4 Å². The van der Waals surface area contributed by atoms with E-state index in [1.807, 2.05) is 0 Å².